The number of carbonyl (C=O) groups is 2. The highest BCUT2D eigenvalue weighted by molar-refractivity contribution is 8.03. The molecule has 1 aromatic heterocycles. The quantitative estimate of drug-likeness (QED) is 0.584. The number of anilines is 1. The van der Waals surface area contributed by atoms with Crippen LogP contribution < -0.4 is 10.6 Å². The lowest BCUT2D eigenvalue weighted by Crippen LogP contribution is -2.25. The maximum atomic E-state index is 12.1. The summed E-state index contributed by atoms with van der Waals surface area (Å²) in [5, 5.41) is 13.8. The number of amides is 2. The van der Waals surface area contributed by atoms with Gasteiger partial charge >= 0.3 is 0 Å². The van der Waals surface area contributed by atoms with Crippen molar-refractivity contribution in [2.45, 2.75) is 35.4 Å². The van der Waals surface area contributed by atoms with Crippen LogP contribution in [0.2, 0.25) is 0 Å². The zero-order valence-electron chi connectivity index (χ0n) is 14.8. The van der Waals surface area contributed by atoms with Gasteiger partial charge in [-0.05, 0) is 30.5 Å². The van der Waals surface area contributed by atoms with Crippen LogP contribution in [0.5, 0.6) is 0 Å². The monoisotopic (exact) mass is 410 g/mol. The molecule has 2 rings (SSSR count). The first-order chi connectivity index (χ1) is 12.6. The Balaban J connectivity index is 1.74. The van der Waals surface area contributed by atoms with E-state index in [1.807, 2.05) is 31.2 Å². The molecule has 2 aromatic rings. The number of hydrogen-bond donors (Lipinski definition) is 2. The summed E-state index contributed by atoms with van der Waals surface area (Å²) in [4.78, 5) is 23.7. The Morgan fingerprint density at radius 3 is 2.42 bits per heavy atom. The molecule has 0 atom stereocenters. The van der Waals surface area contributed by atoms with E-state index >= 15 is 0 Å². The van der Waals surface area contributed by atoms with Crippen LogP contribution in [-0.2, 0) is 16.0 Å². The molecule has 0 saturated heterocycles. The summed E-state index contributed by atoms with van der Waals surface area (Å²) in [7, 11) is 0. The largest absolute Gasteiger partial charge is 0.355 e. The summed E-state index contributed by atoms with van der Waals surface area (Å²) in [6, 6.07) is 7.83. The molecule has 0 fully saturated rings. The van der Waals surface area contributed by atoms with Gasteiger partial charge in [0, 0.05) is 12.2 Å². The van der Waals surface area contributed by atoms with Crippen molar-refractivity contribution in [1.82, 2.24) is 15.5 Å². The van der Waals surface area contributed by atoms with Crippen molar-refractivity contribution < 1.29 is 9.59 Å². The van der Waals surface area contributed by atoms with Crippen molar-refractivity contribution in [3.63, 3.8) is 0 Å². The molecule has 1 aromatic carbocycles. The van der Waals surface area contributed by atoms with Crippen molar-refractivity contribution in [3.05, 3.63) is 29.8 Å². The summed E-state index contributed by atoms with van der Waals surface area (Å²) in [5.74, 6) is 0.516. The van der Waals surface area contributed by atoms with Crippen LogP contribution >= 0.6 is 34.9 Å². The van der Waals surface area contributed by atoms with Gasteiger partial charge in [0.05, 0.1) is 11.5 Å². The predicted molar refractivity (Wildman–Crippen MR) is 109 cm³/mol. The van der Waals surface area contributed by atoms with Gasteiger partial charge in [0.25, 0.3) is 0 Å². The van der Waals surface area contributed by atoms with Crippen molar-refractivity contribution in [2.75, 3.05) is 23.4 Å². The Morgan fingerprint density at radius 1 is 1.08 bits per heavy atom. The topological polar surface area (TPSA) is 84.0 Å². The van der Waals surface area contributed by atoms with Crippen LogP contribution in [0.15, 0.2) is 32.9 Å². The van der Waals surface area contributed by atoms with Crippen molar-refractivity contribution in [3.8, 4) is 0 Å². The van der Waals surface area contributed by atoms with Crippen molar-refractivity contribution in [1.29, 1.82) is 0 Å². The van der Waals surface area contributed by atoms with Gasteiger partial charge in [-0.15, -0.1) is 10.2 Å². The van der Waals surface area contributed by atoms with E-state index < -0.39 is 0 Å². The van der Waals surface area contributed by atoms with Gasteiger partial charge in [-0.25, -0.2) is 0 Å². The van der Waals surface area contributed by atoms with E-state index in [9.17, 15) is 9.59 Å². The van der Waals surface area contributed by atoms with Crippen LogP contribution in [0.3, 0.4) is 0 Å². The molecule has 1 heterocycles. The second kappa shape index (κ2) is 11.2. The first kappa shape index (κ1) is 20.7. The fourth-order valence-electron chi connectivity index (χ4n) is 1.95. The number of hydrogen-bond acceptors (Lipinski definition) is 7. The van der Waals surface area contributed by atoms with E-state index in [2.05, 4.69) is 27.8 Å². The van der Waals surface area contributed by atoms with Gasteiger partial charge in [-0.1, -0.05) is 60.8 Å². The maximum Gasteiger partial charge on any atom is 0.234 e. The Bertz CT molecular complexity index is 736. The number of thioether (sulfide) groups is 2. The van der Waals surface area contributed by atoms with Crippen molar-refractivity contribution in [2.24, 2.45) is 0 Å². The number of benzene rings is 1. The molecule has 2 amide bonds. The molecule has 6 nitrogen and oxygen atoms in total. The van der Waals surface area contributed by atoms with E-state index in [1.165, 1.54) is 40.4 Å². The highest BCUT2D eigenvalue weighted by Gasteiger charge is 2.10. The average Bonchev–Trinajstić information content (AvgIpc) is 3.11. The van der Waals surface area contributed by atoms with Crippen LogP contribution in [-0.4, -0.2) is 40.1 Å². The molecule has 26 heavy (non-hydrogen) atoms. The minimum atomic E-state index is -0.0772. The van der Waals surface area contributed by atoms with Crippen LogP contribution in [0.4, 0.5) is 5.69 Å². The second-order valence-corrected chi connectivity index (χ2v) is 8.79. The zero-order chi connectivity index (χ0) is 18.8. The number of aromatic nitrogens is 2. The van der Waals surface area contributed by atoms with E-state index in [0.717, 1.165) is 27.2 Å². The zero-order valence-corrected chi connectivity index (χ0v) is 17.2. The Kier molecular flexibility index (Phi) is 8.93. The fraction of sp³-hybridized carbons (Fsp3) is 0.412. The molecule has 0 saturated carbocycles. The SMILES string of the molecule is CCCNC(=O)CSc1nnc(SCC(=O)Nc2cccc(CC)c2)s1. The van der Waals surface area contributed by atoms with Gasteiger partial charge in [-0.2, -0.15) is 0 Å². The number of nitrogens with one attached hydrogen (secondary N) is 2. The number of carbonyl (C=O) groups excluding carboxylic acids is 2. The van der Waals surface area contributed by atoms with Gasteiger partial charge in [0.2, 0.25) is 11.8 Å². The van der Waals surface area contributed by atoms with Crippen molar-refractivity contribution >= 4 is 52.4 Å². The fourth-order valence-corrected chi connectivity index (χ4v) is 4.60. The smallest absolute Gasteiger partial charge is 0.234 e. The summed E-state index contributed by atoms with van der Waals surface area (Å²) >= 11 is 4.10. The predicted octanol–water partition coefficient (Wildman–Crippen LogP) is 3.45. The number of nitrogens with zero attached hydrogens (tertiary/aromatic N) is 2. The molecule has 0 spiro atoms. The Hall–Kier alpha value is -1.58. The average molecular weight is 411 g/mol. The first-order valence-electron chi connectivity index (χ1n) is 8.35. The van der Waals surface area contributed by atoms with Gasteiger partial charge in [-0.3, -0.25) is 9.59 Å². The summed E-state index contributed by atoms with van der Waals surface area (Å²) in [6.07, 6.45) is 1.85. The third-order valence-electron chi connectivity index (χ3n) is 3.23. The molecule has 0 radical (unpaired) electrons. The lowest BCUT2D eigenvalue weighted by Gasteiger charge is -2.05. The Morgan fingerprint density at radius 2 is 1.77 bits per heavy atom. The highest BCUT2D eigenvalue weighted by Crippen LogP contribution is 2.28. The summed E-state index contributed by atoms with van der Waals surface area (Å²) in [5.41, 5.74) is 1.99. The third-order valence-corrected chi connectivity index (χ3v) is 6.42. The van der Waals surface area contributed by atoms with Gasteiger partial charge in [0.15, 0.2) is 8.68 Å². The van der Waals surface area contributed by atoms with Crippen LogP contribution in [0.1, 0.15) is 25.8 Å². The molecular weight excluding hydrogens is 388 g/mol. The van der Waals surface area contributed by atoms with Gasteiger partial charge in [0.1, 0.15) is 0 Å². The second-order valence-electron chi connectivity index (χ2n) is 5.36. The lowest BCUT2D eigenvalue weighted by atomic mass is 10.1. The minimum Gasteiger partial charge on any atom is -0.355 e. The minimum absolute atomic E-state index is 0.00468. The lowest BCUT2D eigenvalue weighted by molar-refractivity contribution is -0.118. The molecule has 0 unspecified atom stereocenters. The first-order valence-corrected chi connectivity index (χ1v) is 11.1. The molecule has 0 aliphatic heterocycles. The molecule has 140 valence electrons. The molecule has 0 aliphatic carbocycles. The molecule has 0 bridgehead atoms. The molecular formula is C17H22N4O2S3. The van der Waals surface area contributed by atoms with E-state index in [-0.39, 0.29) is 17.6 Å². The normalized spacial score (nSPS) is 10.5. The van der Waals surface area contributed by atoms with Crippen LogP contribution in [0.25, 0.3) is 0 Å². The van der Waals surface area contributed by atoms with E-state index in [0.29, 0.717) is 12.3 Å². The van der Waals surface area contributed by atoms with E-state index in [4.69, 9.17) is 0 Å². The highest BCUT2D eigenvalue weighted by atomic mass is 32.2. The summed E-state index contributed by atoms with van der Waals surface area (Å²) < 4.78 is 1.45. The Labute approximate surface area is 165 Å². The van der Waals surface area contributed by atoms with Gasteiger partial charge < -0.3 is 10.6 Å². The summed E-state index contributed by atoms with van der Waals surface area (Å²) in [6.45, 7) is 4.78. The van der Waals surface area contributed by atoms with Crippen LogP contribution in [0, 0.1) is 0 Å². The molecule has 2 N–H and O–H groups in total. The standard InChI is InChI=1S/C17H22N4O2S3/c1-3-8-18-14(22)10-24-16-20-21-17(26-16)25-11-15(23)19-13-7-5-6-12(4-2)9-13/h5-7,9H,3-4,8,10-11H2,1-2H3,(H,18,22)(H,19,23). The third kappa shape index (κ3) is 7.35. The molecule has 9 heteroatoms. The number of rotatable bonds is 10. The number of aryl methyl sites for hydroxylation is 1. The molecule has 0 aliphatic rings. The maximum absolute atomic E-state index is 12.1. The van der Waals surface area contributed by atoms with E-state index in [1.54, 1.807) is 0 Å².